The zero-order valence-electron chi connectivity index (χ0n) is 14.1. The number of halogens is 3. The standard InChI is InChI=1S/C20H13ClF2N4/c21-18-12(22)8-7-11(19(18)23)20-17(16-6-3-9-27(16)26-20)15-10-24-13-4-1-2-5-14(13)25-15/h1-2,4-5,7-8,10H,3,6,9H2. The van der Waals surface area contributed by atoms with Gasteiger partial charge in [-0.1, -0.05) is 23.7 Å². The van der Waals surface area contributed by atoms with Crippen molar-refractivity contribution in [1.82, 2.24) is 19.7 Å². The number of hydrogen-bond acceptors (Lipinski definition) is 3. The number of fused-ring (bicyclic) bond motifs is 2. The molecule has 4 aromatic rings. The quantitative estimate of drug-likeness (QED) is 0.456. The number of hydrogen-bond donors (Lipinski definition) is 0. The van der Waals surface area contributed by atoms with Gasteiger partial charge in [-0.2, -0.15) is 5.10 Å². The van der Waals surface area contributed by atoms with Gasteiger partial charge in [0.15, 0.2) is 5.82 Å². The van der Waals surface area contributed by atoms with Gasteiger partial charge in [0.1, 0.15) is 16.5 Å². The molecule has 1 aliphatic heterocycles. The molecule has 0 atom stereocenters. The molecule has 134 valence electrons. The van der Waals surface area contributed by atoms with Crippen molar-refractivity contribution >= 4 is 22.6 Å². The fourth-order valence-corrected chi connectivity index (χ4v) is 3.74. The van der Waals surface area contributed by atoms with E-state index in [1.807, 2.05) is 28.9 Å². The molecule has 0 saturated carbocycles. The highest BCUT2D eigenvalue weighted by Crippen LogP contribution is 2.39. The summed E-state index contributed by atoms with van der Waals surface area (Å²) in [6.45, 7) is 0.750. The van der Waals surface area contributed by atoms with Gasteiger partial charge in [0.25, 0.3) is 0 Å². The fourth-order valence-electron chi connectivity index (χ4n) is 3.58. The largest absolute Gasteiger partial charge is 0.268 e. The highest BCUT2D eigenvalue weighted by Gasteiger charge is 2.27. The van der Waals surface area contributed by atoms with Crippen LogP contribution in [0, 0.1) is 11.6 Å². The maximum Gasteiger partial charge on any atom is 0.154 e. The Labute approximate surface area is 158 Å². The topological polar surface area (TPSA) is 43.6 Å². The Morgan fingerprint density at radius 3 is 2.70 bits per heavy atom. The average molecular weight is 383 g/mol. The van der Waals surface area contributed by atoms with Crippen molar-refractivity contribution in [3.63, 3.8) is 0 Å². The first-order chi connectivity index (χ1) is 13.1. The second-order valence-electron chi connectivity index (χ2n) is 6.46. The lowest BCUT2D eigenvalue weighted by molar-refractivity contribution is 0.585. The lowest BCUT2D eigenvalue weighted by Crippen LogP contribution is -1.96. The molecule has 0 amide bonds. The van der Waals surface area contributed by atoms with Crippen molar-refractivity contribution in [1.29, 1.82) is 0 Å². The van der Waals surface area contributed by atoms with Crippen LogP contribution in [0.5, 0.6) is 0 Å². The normalized spacial score (nSPS) is 13.3. The van der Waals surface area contributed by atoms with Gasteiger partial charge >= 0.3 is 0 Å². The predicted molar refractivity (Wildman–Crippen MR) is 99.4 cm³/mol. The molecule has 4 nitrogen and oxygen atoms in total. The van der Waals surface area contributed by atoms with Gasteiger partial charge in [0.05, 0.1) is 28.5 Å². The van der Waals surface area contributed by atoms with Crippen LogP contribution in [0.15, 0.2) is 42.6 Å². The van der Waals surface area contributed by atoms with Crippen LogP contribution in [0.2, 0.25) is 5.02 Å². The van der Waals surface area contributed by atoms with Crippen LogP contribution in [-0.4, -0.2) is 19.7 Å². The summed E-state index contributed by atoms with van der Waals surface area (Å²) in [5, 5.41) is 4.05. The van der Waals surface area contributed by atoms with Crippen molar-refractivity contribution in [3.05, 3.63) is 64.9 Å². The monoisotopic (exact) mass is 382 g/mol. The molecule has 0 fully saturated rings. The smallest absolute Gasteiger partial charge is 0.154 e. The summed E-state index contributed by atoms with van der Waals surface area (Å²) in [6, 6.07) is 10.1. The van der Waals surface area contributed by atoms with Crippen molar-refractivity contribution in [3.8, 4) is 22.5 Å². The van der Waals surface area contributed by atoms with Crippen LogP contribution in [0.1, 0.15) is 12.1 Å². The molecule has 0 spiro atoms. The molecular weight excluding hydrogens is 370 g/mol. The van der Waals surface area contributed by atoms with Crippen LogP contribution in [0.3, 0.4) is 0 Å². The highest BCUT2D eigenvalue weighted by atomic mass is 35.5. The van der Waals surface area contributed by atoms with E-state index in [9.17, 15) is 8.78 Å². The number of aryl methyl sites for hydroxylation is 1. The lowest BCUT2D eigenvalue weighted by atomic mass is 10.0. The summed E-state index contributed by atoms with van der Waals surface area (Å²) in [5.74, 6) is -1.61. The van der Waals surface area contributed by atoms with E-state index in [-0.39, 0.29) is 5.56 Å². The highest BCUT2D eigenvalue weighted by molar-refractivity contribution is 6.31. The maximum atomic E-state index is 14.7. The van der Waals surface area contributed by atoms with E-state index >= 15 is 0 Å². The second kappa shape index (κ2) is 6.09. The van der Waals surface area contributed by atoms with Crippen LogP contribution in [0.4, 0.5) is 8.78 Å². The molecule has 0 radical (unpaired) electrons. The zero-order chi connectivity index (χ0) is 18.5. The van der Waals surface area contributed by atoms with Crippen LogP contribution < -0.4 is 0 Å². The Morgan fingerprint density at radius 2 is 1.85 bits per heavy atom. The average Bonchev–Trinajstić information content (AvgIpc) is 3.27. The minimum Gasteiger partial charge on any atom is -0.268 e. The molecule has 1 aliphatic rings. The van der Waals surface area contributed by atoms with Crippen LogP contribution in [0.25, 0.3) is 33.5 Å². The number of benzene rings is 2. The summed E-state index contributed by atoms with van der Waals surface area (Å²) >= 11 is 5.79. The first-order valence-corrected chi connectivity index (χ1v) is 8.97. The summed E-state index contributed by atoms with van der Waals surface area (Å²) in [7, 11) is 0. The third kappa shape index (κ3) is 2.51. The van der Waals surface area contributed by atoms with Gasteiger partial charge in [-0.25, -0.2) is 13.8 Å². The molecule has 27 heavy (non-hydrogen) atoms. The SMILES string of the molecule is Fc1ccc(-c2nn3c(c2-c2cnc4ccccc4n2)CCC3)c(F)c1Cl. The number of aromatic nitrogens is 4. The molecule has 0 aliphatic carbocycles. The van der Waals surface area contributed by atoms with Crippen molar-refractivity contribution in [2.75, 3.05) is 0 Å². The van der Waals surface area contributed by atoms with E-state index in [0.29, 0.717) is 11.4 Å². The molecule has 2 aromatic carbocycles. The zero-order valence-corrected chi connectivity index (χ0v) is 14.8. The van der Waals surface area contributed by atoms with E-state index in [0.717, 1.165) is 47.7 Å². The molecule has 0 unspecified atom stereocenters. The summed E-state index contributed by atoms with van der Waals surface area (Å²) < 4.78 is 30.2. The number of rotatable bonds is 2. The first kappa shape index (κ1) is 16.3. The number of para-hydroxylation sites is 2. The van der Waals surface area contributed by atoms with E-state index < -0.39 is 16.7 Å². The van der Waals surface area contributed by atoms with Gasteiger partial charge in [-0.05, 0) is 37.1 Å². The van der Waals surface area contributed by atoms with Gasteiger partial charge in [-0.15, -0.1) is 0 Å². The Balaban J connectivity index is 1.78. The molecule has 3 heterocycles. The van der Waals surface area contributed by atoms with Crippen molar-refractivity contribution in [2.24, 2.45) is 0 Å². The minimum absolute atomic E-state index is 0.160. The Bertz CT molecular complexity index is 1200. The molecule has 2 aromatic heterocycles. The van der Waals surface area contributed by atoms with Gasteiger partial charge in [0, 0.05) is 17.8 Å². The fraction of sp³-hybridized carbons (Fsp3) is 0.150. The third-order valence-electron chi connectivity index (χ3n) is 4.84. The predicted octanol–water partition coefficient (Wildman–Crippen LogP) is 5.04. The second-order valence-corrected chi connectivity index (χ2v) is 6.84. The summed E-state index contributed by atoms with van der Waals surface area (Å²) in [5.41, 5.74) is 4.43. The van der Waals surface area contributed by atoms with Crippen LogP contribution in [-0.2, 0) is 13.0 Å². The molecular formula is C20H13ClF2N4. The summed E-state index contributed by atoms with van der Waals surface area (Å²) in [6.07, 6.45) is 3.45. The van der Waals surface area contributed by atoms with E-state index in [4.69, 9.17) is 16.6 Å². The molecule has 0 N–H and O–H groups in total. The van der Waals surface area contributed by atoms with Crippen molar-refractivity contribution in [2.45, 2.75) is 19.4 Å². The summed E-state index contributed by atoms with van der Waals surface area (Å²) in [4.78, 5) is 9.18. The van der Waals surface area contributed by atoms with Gasteiger partial charge in [0.2, 0.25) is 0 Å². The van der Waals surface area contributed by atoms with Crippen LogP contribution >= 0.6 is 11.6 Å². The molecule has 7 heteroatoms. The maximum absolute atomic E-state index is 14.7. The number of nitrogens with zero attached hydrogens (tertiary/aromatic N) is 4. The molecule has 0 saturated heterocycles. The Kier molecular flexibility index (Phi) is 3.68. The third-order valence-corrected chi connectivity index (χ3v) is 5.18. The van der Waals surface area contributed by atoms with E-state index in [1.165, 1.54) is 6.07 Å². The van der Waals surface area contributed by atoms with Gasteiger partial charge < -0.3 is 0 Å². The van der Waals surface area contributed by atoms with E-state index in [2.05, 4.69) is 10.1 Å². The Hall–Kier alpha value is -2.86. The first-order valence-electron chi connectivity index (χ1n) is 8.59. The lowest BCUT2D eigenvalue weighted by Gasteiger charge is -2.08. The minimum atomic E-state index is -0.816. The van der Waals surface area contributed by atoms with Crippen molar-refractivity contribution < 1.29 is 8.78 Å². The molecule has 0 bridgehead atoms. The molecule has 5 rings (SSSR count). The van der Waals surface area contributed by atoms with E-state index in [1.54, 1.807) is 6.20 Å². The van der Waals surface area contributed by atoms with Gasteiger partial charge in [-0.3, -0.25) is 9.67 Å². The Morgan fingerprint density at radius 1 is 1.04 bits per heavy atom.